The summed E-state index contributed by atoms with van der Waals surface area (Å²) in [6.45, 7) is 2.40. The molecule has 1 aliphatic carbocycles. The molecule has 0 spiro atoms. The number of nitrogens with zero attached hydrogens (tertiary/aromatic N) is 1. The largest absolute Gasteiger partial charge is 0.289 e. The van der Waals surface area contributed by atoms with Gasteiger partial charge in [0.15, 0.2) is 0 Å². The summed E-state index contributed by atoms with van der Waals surface area (Å²) in [7, 11) is 0. The molecule has 0 amide bonds. The van der Waals surface area contributed by atoms with E-state index in [4.69, 9.17) is 0 Å². The zero-order valence-corrected chi connectivity index (χ0v) is 10.5. The molecule has 1 aromatic heterocycles. The Morgan fingerprint density at radius 1 is 1.19 bits per heavy atom. The van der Waals surface area contributed by atoms with E-state index in [-0.39, 0.29) is 0 Å². The SMILES string of the molecule is C1=CCN(C2(c3cccs3)CCCC2)CC1. The van der Waals surface area contributed by atoms with Gasteiger partial charge in [-0.25, -0.2) is 0 Å². The third kappa shape index (κ3) is 1.64. The van der Waals surface area contributed by atoms with Crippen LogP contribution in [0, 0.1) is 0 Å². The molecule has 0 atom stereocenters. The van der Waals surface area contributed by atoms with Gasteiger partial charge in [0.1, 0.15) is 0 Å². The van der Waals surface area contributed by atoms with Gasteiger partial charge in [-0.05, 0) is 30.7 Å². The normalized spacial score (nSPS) is 25.0. The number of rotatable bonds is 2. The van der Waals surface area contributed by atoms with Crippen molar-refractivity contribution in [2.45, 2.75) is 37.6 Å². The molecular formula is C14H19NS. The van der Waals surface area contributed by atoms with E-state index in [0.29, 0.717) is 5.54 Å². The summed E-state index contributed by atoms with van der Waals surface area (Å²) in [6, 6.07) is 4.55. The van der Waals surface area contributed by atoms with E-state index in [9.17, 15) is 0 Å². The van der Waals surface area contributed by atoms with Gasteiger partial charge in [-0.2, -0.15) is 0 Å². The number of thiophene rings is 1. The van der Waals surface area contributed by atoms with Crippen LogP contribution in [0.3, 0.4) is 0 Å². The molecule has 3 rings (SSSR count). The molecule has 0 aromatic carbocycles. The van der Waals surface area contributed by atoms with Crippen molar-refractivity contribution in [1.29, 1.82) is 0 Å². The molecule has 0 N–H and O–H groups in total. The molecule has 2 heterocycles. The third-order valence-corrected chi connectivity index (χ3v) is 5.14. The summed E-state index contributed by atoms with van der Waals surface area (Å²) in [6.07, 6.45) is 11.4. The highest BCUT2D eigenvalue weighted by Crippen LogP contribution is 2.46. The highest BCUT2D eigenvalue weighted by molar-refractivity contribution is 7.10. The minimum Gasteiger partial charge on any atom is -0.289 e. The van der Waals surface area contributed by atoms with Crippen molar-refractivity contribution >= 4 is 11.3 Å². The average molecular weight is 233 g/mol. The van der Waals surface area contributed by atoms with Crippen molar-refractivity contribution in [2.75, 3.05) is 13.1 Å². The number of hydrogen-bond acceptors (Lipinski definition) is 2. The van der Waals surface area contributed by atoms with E-state index in [1.165, 1.54) is 38.6 Å². The van der Waals surface area contributed by atoms with Crippen molar-refractivity contribution in [3.8, 4) is 0 Å². The Hall–Kier alpha value is -0.600. The van der Waals surface area contributed by atoms with Gasteiger partial charge in [0.05, 0.1) is 5.54 Å². The highest BCUT2D eigenvalue weighted by Gasteiger charge is 2.41. The van der Waals surface area contributed by atoms with E-state index < -0.39 is 0 Å². The summed E-state index contributed by atoms with van der Waals surface area (Å²) in [5.41, 5.74) is 0.388. The van der Waals surface area contributed by atoms with Gasteiger partial charge in [-0.15, -0.1) is 11.3 Å². The maximum atomic E-state index is 2.71. The smallest absolute Gasteiger partial charge is 0.0556 e. The molecule has 1 saturated carbocycles. The second kappa shape index (κ2) is 4.34. The molecule has 0 saturated heterocycles. The van der Waals surface area contributed by atoms with Gasteiger partial charge < -0.3 is 0 Å². The van der Waals surface area contributed by atoms with Crippen LogP contribution in [0.25, 0.3) is 0 Å². The summed E-state index contributed by atoms with van der Waals surface area (Å²) in [5, 5.41) is 2.23. The molecule has 0 unspecified atom stereocenters. The lowest BCUT2D eigenvalue weighted by atomic mass is 9.91. The predicted octanol–water partition coefficient (Wildman–Crippen LogP) is 3.78. The monoisotopic (exact) mass is 233 g/mol. The summed E-state index contributed by atoms with van der Waals surface area (Å²) in [4.78, 5) is 4.31. The molecule has 1 aromatic rings. The first kappa shape index (κ1) is 10.5. The molecule has 2 aliphatic rings. The van der Waals surface area contributed by atoms with Crippen LogP contribution in [-0.4, -0.2) is 18.0 Å². The zero-order chi connectivity index (χ0) is 10.8. The molecular weight excluding hydrogens is 214 g/mol. The van der Waals surface area contributed by atoms with Crippen LogP contribution in [0.4, 0.5) is 0 Å². The van der Waals surface area contributed by atoms with Crippen molar-refractivity contribution in [2.24, 2.45) is 0 Å². The average Bonchev–Trinajstić information content (AvgIpc) is 3.02. The van der Waals surface area contributed by atoms with Crippen molar-refractivity contribution < 1.29 is 0 Å². The Bertz CT molecular complexity index is 360. The molecule has 1 nitrogen and oxygen atoms in total. The summed E-state index contributed by atoms with van der Waals surface area (Å²) >= 11 is 1.95. The van der Waals surface area contributed by atoms with E-state index >= 15 is 0 Å². The predicted molar refractivity (Wildman–Crippen MR) is 69.8 cm³/mol. The van der Waals surface area contributed by atoms with Gasteiger partial charge in [-0.3, -0.25) is 4.90 Å². The van der Waals surface area contributed by atoms with Crippen LogP contribution < -0.4 is 0 Å². The van der Waals surface area contributed by atoms with E-state index in [0.717, 1.165) is 6.54 Å². The molecule has 0 bridgehead atoms. The Morgan fingerprint density at radius 3 is 2.69 bits per heavy atom. The topological polar surface area (TPSA) is 3.24 Å². The van der Waals surface area contributed by atoms with Crippen LogP contribution in [-0.2, 0) is 5.54 Å². The maximum Gasteiger partial charge on any atom is 0.0556 e. The van der Waals surface area contributed by atoms with Crippen LogP contribution in [0.2, 0.25) is 0 Å². The van der Waals surface area contributed by atoms with E-state index in [1.54, 1.807) is 4.88 Å². The van der Waals surface area contributed by atoms with Crippen LogP contribution in [0.5, 0.6) is 0 Å². The Labute approximate surface area is 102 Å². The van der Waals surface area contributed by atoms with E-state index in [2.05, 4.69) is 34.6 Å². The fourth-order valence-corrected chi connectivity index (χ4v) is 4.27. The fourth-order valence-electron chi connectivity index (χ4n) is 3.25. The van der Waals surface area contributed by atoms with Crippen LogP contribution in [0.15, 0.2) is 29.7 Å². The highest BCUT2D eigenvalue weighted by atomic mass is 32.1. The molecule has 1 fully saturated rings. The van der Waals surface area contributed by atoms with E-state index in [1.807, 2.05) is 11.3 Å². The van der Waals surface area contributed by atoms with Gasteiger partial charge >= 0.3 is 0 Å². The fraction of sp³-hybridized carbons (Fsp3) is 0.571. The lowest BCUT2D eigenvalue weighted by Crippen LogP contribution is -2.45. The molecule has 16 heavy (non-hydrogen) atoms. The minimum atomic E-state index is 0.388. The second-order valence-corrected chi connectivity index (χ2v) is 5.87. The Kier molecular flexibility index (Phi) is 2.86. The van der Waals surface area contributed by atoms with Gasteiger partial charge in [-0.1, -0.05) is 31.1 Å². The first-order chi connectivity index (χ1) is 7.92. The number of hydrogen-bond donors (Lipinski definition) is 0. The quantitative estimate of drug-likeness (QED) is 0.703. The summed E-state index contributed by atoms with van der Waals surface area (Å²) in [5.74, 6) is 0. The molecule has 2 heteroatoms. The third-order valence-electron chi connectivity index (χ3n) is 4.07. The van der Waals surface area contributed by atoms with Crippen molar-refractivity contribution in [3.05, 3.63) is 34.5 Å². The maximum absolute atomic E-state index is 2.71. The molecule has 86 valence electrons. The molecule has 0 radical (unpaired) electrons. The van der Waals surface area contributed by atoms with Crippen LogP contribution in [0.1, 0.15) is 37.0 Å². The standard InChI is InChI=1S/C14H19NS/c1-4-10-15(11-5-1)14(8-2-3-9-14)13-7-6-12-16-13/h1,4,6-7,12H,2-3,5,8-11H2. The second-order valence-electron chi connectivity index (χ2n) is 4.92. The van der Waals surface area contributed by atoms with Crippen LogP contribution >= 0.6 is 11.3 Å². The van der Waals surface area contributed by atoms with Crippen molar-refractivity contribution in [1.82, 2.24) is 4.90 Å². The lowest BCUT2D eigenvalue weighted by Gasteiger charge is -2.41. The zero-order valence-electron chi connectivity index (χ0n) is 9.69. The first-order valence-corrected chi connectivity index (χ1v) is 7.24. The van der Waals surface area contributed by atoms with Gasteiger partial charge in [0, 0.05) is 18.0 Å². The Balaban J connectivity index is 1.93. The summed E-state index contributed by atoms with van der Waals surface area (Å²) < 4.78 is 0. The minimum absolute atomic E-state index is 0.388. The lowest BCUT2D eigenvalue weighted by molar-refractivity contribution is 0.105. The Morgan fingerprint density at radius 2 is 2.06 bits per heavy atom. The van der Waals surface area contributed by atoms with Gasteiger partial charge in [0.2, 0.25) is 0 Å². The van der Waals surface area contributed by atoms with Gasteiger partial charge in [0.25, 0.3) is 0 Å². The van der Waals surface area contributed by atoms with Crippen molar-refractivity contribution in [3.63, 3.8) is 0 Å². The molecule has 1 aliphatic heterocycles. The first-order valence-electron chi connectivity index (χ1n) is 6.36.